The minimum Gasteiger partial charge on any atom is -0.445 e. The number of carbonyl (C=O) groups excluding carboxylic acids is 1. The van der Waals surface area contributed by atoms with E-state index in [1.165, 1.54) is 0 Å². The zero-order chi connectivity index (χ0) is 12.5. The summed E-state index contributed by atoms with van der Waals surface area (Å²) in [5.41, 5.74) is 0.996. The molecular formula is C14H17NO3. The third-order valence-corrected chi connectivity index (χ3v) is 3.94. The second kappa shape index (κ2) is 4.61. The number of ether oxygens (including phenoxy) is 1. The number of hydrogen-bond donors (Lipinski definition) is 1. The van der Waals surface area contributed by atoms with Gasteiger partial charge in [-0.1, -0.05) is 30.3 Å². The van der Waals surface area contributed by atoms with Gasteiger partial charge in [0.2, 0.25) is 0 Å². The van der Waals surface area contributed by atoms with E-state index in [9.17, 15) is 9.90 Å². The number of aliphatic hydroxyl groups excluding tert-OH is 1. The molecular weight excluding hydrogens is 230 g/mol. The van der Waals surface area contributed by atoms with Gasteiger partial charge in [0.25, 0.3) is 0 Å². The quantitative estimate of drug-likeness (QED) is 0.866. The molecule has 1 saturated heterocycles. The van der Waals surface area contributed by atoms with Crippen LogP contribution in [0.25, 0.3) is 0 Å². The monoisotopic (exact) mass is 247 g/mol. The Morgan fingerprint density at radius 3 is 2.72 bits per heavy atom. The molecule has 1 N–H and O–H groups in total. The Morgan fingerprint density at radius 1 is 1.33 bits per heavy atom. The third-order valence-electron chi connectivity index (χ3n) is 3.94. The molecule has 1 aromatic rings. The third kappa shape index (κ3) is 2.08. The number of piperidine rings is 1. The Bertz CT molecular complexity index is 432. The Morgan fingerprint density at radius 2 is 2.11 bits per heavy atom. The summed E-state index contributed by atoms with van der Waals surface area (Å²) < 4.78 is 5.31. The molecule has 0 unspecified atom stereocenters. The van der Waals surface area contributed by atoms with Gasteiger partial charge in [-0.2, -0.15) is 0 Å². The number of hydrogen-bond acceptors (Lipinski definition) is 3. The van der Waals surface area contributed by atoms with Gasteiger partial charge in [0.15, 0.2) is 0 Å². The minimum absolute atomic E-state index is 0.174. The summed E-state index contributed by atoms with van der Waals surface area (Å²) >= 11 is 0. The van der Waals surface area contributed by atoms with Crippen molar-refractivity contribution in [2.24, 2.45) is 5.92 Å². The average molecular weight is 247 g/mol. The second-order valence-electron chi connectivity index (χ2n) is 5.15. The van der Waals surface area contributed by atoms with Crippen LogP contribution in [0, 0.1) is 5.92 Å². The summed E-state index contributed by atoms with van der Waals surface area (Å²) in [4.78, 5) is 13.7. The maximum absolute atomic E-state index is 11.9. The van der Waals surface area contributed by atoms with E-state index in [0.717, 1.165) is 12.0 Å². The fourth-order valence-corrected chi connectivity index (χ4v) is 2.95. The van der Waals surface area contributed by atoms with E-state index in [4.69, 9.17) is 4.74 Å². The largest absolute Gasteiger partial charge is 0.445 e. The highest BCUT2D eigenvalue weighted by Crippen LogP contribution is 2.37. The molecule has 18 heavy (non-hydrogen) atoms. The molecule has 4 heteroatoms. The van der Waals surface area contributed by atoms with Gasteiger partial charge in [-0.05, 0) is 18.4 Å². The van der Waals surface area contributed by atoms with E-state index < -0.39 is 0 Å². The summed E-state index contributed by atoms with van der Waals surface area (Å²) in [7, 11) is 0. The molecule has 96 valence electrons. The Hall–Kier alpha value is -1.55. The fourth-order valence-electron chi connectivity index (χ4n) is 2.95. The summed E-state index contributed by atoms with van der Waals surface area (Å²) in [6.07, 6.45) is 1.14. The number of rotatable bonds is 2. The Labute approximate surface area is 106 Å². The molecule has 2 bridgehead atoms. The van der Waals surface area contributed by atoms with Gasteiger partial charge >= 0.3 is 6.09 Å². The van der Waals surface area contributed by atoms with Crippen molar-refractivity contribution >= 4 is 6.09 Å². The van der Waals surface area contributed by atoms with E-state index in [2.05, 4.69) is 0 Å². The maximum Gasteiger partial charge on any atom is 0.410 e. The van der Waals surface area contributed by atoms with Crippen molar-refractivity contribution in [2.45, 2.75) is 31.6 Å². The molecule has 3 atom stereocenters. The Kier molecular flexibility index (Phi) is 2.96. The smallest absolute Gasteiger partial charge is 0.410 e. The van der Waals surface area contributed by atoms with Crippen LogP contribution < -0.4 is 0 Å². The summed E-state index contributed by atoms with van der Waals surface area (Å²) in [6.45, 7) is 0.954. The molecule has 4 nitrogen and oxygen atoms in total. The van der Waals surface area contributed by atoms with Gasteiger partial charge in [0.05, 0.1) is 6.10 Å². The highest BCUT2D eigenvalue weighted by atomic mass is 16.6. The van der Waals surface area contributed by atoms with Gasteiger partial charge in [-0.3, -0.25) is 0 Å². The molecule has 0 spiro atoms. The van der Waals surface area contributed by atoms with Crippen molar-refractivity contribution in [1.29, 1.82) is 0 Å². The molecule has 1 aromatic carbocycles. The van der Waals surface area contributed by atoms with Crippen molar-refractivity contribution in [3.8, 4) is 0 Å². The number of carbonyl (C=O) groups is 1. The first-order valence-electron chi connectivity index (χ1n) is 6.39. The standard InChI is InChI=1S/C14H17NO3/c16-13-7-12-6-11(13)8-15(12)14(17)18-9-10-4-2-1-3-5-10/h1-5,11-13,16H,6-9H2/t11-,12-,13+/m1/s1. The van der Waals surface area contributed by atoms with Crippen LogP contribution in [0.3, 0.4) is 0 Å². The first-order valence-corrected chi connectivity index (χ1v) is 6.39. The van der Waals surface area contributed by atoms with E-state index in [-0.39, 0.29) is 24.2 Å². The van der Waals surface area contributed by atoms with Crippen molar-refractivity contribution < 1.29 is 14.6 Å². The van der Waals surface area contributed by atoms with E-state index in [1.807, 2.05) is 30.3 Å². The summed E-state index contributed by atoms with van der Waals surface area (Å²) in [5, 5.41) is 9.65. The molecule has 0 aromatic heterocycles. The van der Waals surface area contributed by atoms with Gasteiger partial charge in [0.1, 0.15) is 6.61 Å². The van der Waals surface area contributed by atoms with Crippen LogP contribution in [0.2, 0.25) is 0 Å². The number of nitrogens with zero attached hydrogens (tertiary/aromatic N) is 1. The minimum atomic E-state index is -0.252. The summed E-state index contributed by atoms with van der Waals surface area (Å²) in [5.74, 6) is 0.249. The number of amides is 1. The second-order valence-corrected chi connectivity index (χ2v) is 5.15. The van der Waals surface area contributed by atoms with Crippen molar-refractivity contribution in [1.82, 2.24) is 4.90 Å². The van der Waals surface area contributed by atoms with Crippen LogP contribution in [0.15, 0.2) is 30.3 Å². The molecule has 3 rings (SSSR count). The molecule has 2 aliphatic rings. The lowest BCUT2D eigenvalue weighted by Crippen LogP contribution is -2.41. The van der Waals surface area contributed by atoms with Crippen LogP contribution in [-0.4, -0.2) is 34.8 Å². The normalized spacial score (nSPS) is 29.6. The SMILES string of the molecule is O=C(OCc1ccccc1)N1C[C@H]2C[C@@H]1C[C@@H]2O. The van der Waals surface area contributed by atoms with E-state index in [1.54, 1.807) is 4.90 Å². The zero-order valence-electron chi connectivity index (χ0n) is 10.2. The predicted molar refractivity (Wildman–Crippen MR) is 65.9 cm³/mol. The van der Waals surface area contributed by atoms with Gasteiger partial charge < -0.3 is 14.7 Å². The molecule has 1 aliphatic heterocycles. The first-order chi connectivity index (χ1) is 8.74. The summed E-state index contributed by atoms with van der Waals surface area (Å²) in [6, 6.07) is 9.84. The van der Waals surface area contributed by atoms with Gasteiger partial charge in [-0.15, -0.1) is 0 Å². The fraction of sp³-hybridized carbons (Fsp3) is 0.500. The number of benzene rings is 1. The van der Waals surface area contributed by atoms with Crippen molar-refractivity contribution in [2.75, 3.05) is 6.54 Å². The molecule has 1 amide bonds. The first kappa shape index (κ1) is 11.5. The van der Waals surface area contributed by atoms with E-state index >= 15 is 0 Å². The zero-order valence-corrected chi connectivity index (χ0v) is 10.2. The van der Waals surface area contributed by atoms with Crippen LogP contribution in [0.1, 0.15) is 18.4 Å². The lowest BCUT2D eigenvalue weighted by Gasteiger charge is -2.28. The molecule has 1 heterocycles. The average Bonchev–Trinajstić information content (AvgIpc) is 2.96. The highest BCUT2D eigenvalue weighted by Gasteiger charge is 2.46. The van der Waals surface area contributed by atoms with Crippen LogP contribution in [-0.2, 0) is 11.3 Å². The highest BCUT2D eigenvalue weighted by molar-refractivity contribution is 5.68. The van der Waals surface area contributed by atoms with E-state index in [0.29, 0.717) is 19.6 Å². The lowest BCUT2D eigenvalue weighted by molar-refractivity contribution is 0.0517. The van der Waals surface area contributed by atoms with Gasteiger partial charge in [0, 0.05) is 18.5 Å². The lowest BCUT2D eigenvalue weighted by atomic mass is 10.1. The van der Waals surface area contributed by atoms with Crippen molar-refractivity contribution in [3.05, 3.63) is 35.9 Å². The molecule has 2 fully saturated rings. The van der Waals surface area contributed by atoms with Crippen LogP contribution >= 0.6 is 0 Å². The van der Waals surface area contributed by atoms with Crippen LogP contribution in [0.4, 0.5) is 4.79 Å². The number of likely N-dealkylation sites (tertiary alicyclic amines) is 1. The number of aliphatic hydroxyl groups is 1. The molecule has 0 radical (unpaired) electrons. The Balaban J connectivity index is 1.54. The van der Waals surface area contributed by atoms with Crippen molar-refractivity contribution in [3.63, 3.8) is 0 Å². The number of fused-ring (bicyclic) bond motifs is 2. The molecule has 1 saturated carbocycles. The van der Waals surface area contributed by atoms with Crippen LogP contribution in [0.5, 0.6) is 0 Å². The maximum atomic E-state index is 11.9. The topological polar surface area (TPSA) is 49.8 Å². The molecule has 1 aliphatic carbocycles. The predicted octanol–water partition coefficient (Wildman–Crippen LogP) is 1.78. The van der Waals surface area contributed by atoms with Gasteiger partial charge in [-0.25, -0.2) is 4.79 Å².